The van der Waals surface area contributed by atoms with E-state index in [0.717, 1.165) is 0 Å². The maximum atomic E-state index is 11.8. The Kier molecular flexibility index (Phi) is 2.93. The van der Waals surface area contributed by atoms with Crippen molar-refractivity contribution in [1.82, 2.24) is 0 Å². The predicted octanol–water partition coefficient (Wildman–Crippen LogP) is 0.687. The van der Waals surface area contributed by atoms with E-state index in [-0.39, 0.29) is 23.7 Å². The number of carboxylic acids is 1. The van der Waals surface area contributed by atoms with E-state index in [2.05, 4.69) is 0 Å². The van der Waals surface area contributed by atoms with E-state index in [0.29, 0.717) is 11.4 Å². The van der Waals surface area contributed by atoms with E-state index in [4.69, 9.17) is 15.6 Å². The number of methoxy groups -OCH3 is 1. The van der Waals surface area contributed by atoms with Gasteiger partial charge in [-0.25, -0.2) is 4.79 Å². The highest BCUT2D eigenvalue weighted by atomic mass is 16.5. The Morgan fingerprint density at radius 2 is 2.22 bits per heavy atom. The molecule has 18 heavy (non-hydrogen) atoms. The number of carboxylic acid groups (broad SMARTS) is 1. The molecular formula is C12H12N2O4. The molecule has 94 valence electrons. The zero-order valence-corrected chi connectivity index (χ0v) is 9.71. The Morgan fingerprint density at radius 1 is 1.50 bits per heavy atom. The van der Waals surface area contributed by atoms with Gasteiger partial charge in [0.25, 0.3) is 0 Å². The summed E-state index contributed by atoms with van der Waals surface area (Å²) in [5.74, 6) is -1.01. The van der Waals surface area contributed by atoms with Crippen molar-refractivity contribution in [3.63, 3.8) is 0 Å². The van der Waals surface area contributed by atoms with Crippen molar-refractivity contribution in [2.75, 3.05) is 12.0 Å². The Bertz CT molecular complexity index is 551. The molecule has 1 aliphatic rings. The number of hydrogen-bond donors (Lipinski definition) is 2. The molecule has 0 atom stereocenters. The fourth-order valence-corrected chi connectivity index (χ4v) is 1.81. The molecular weight excluding hydrogens is 236 g/mol. The third kappa shape index (κ3) is 1.88. The molecule has 0 saturated carbocycles. The van der Waals surface area contributed by atoms with E-state index in [1.807, 2.05) is 0 Å². The van der Waals surface area contributed by atoms with Crippen LogP contribution in [0.5, 0.6) is 5.75 Å². The summed E-state index contributed by atoms with van der Waals surface area (Å²) in [4.78, 5) is 23.9. The van der Waals surface area contributed by atoms with Gasteiger partial charge < -0.3 is 15.6 Å². The van der Waals surface area contributed by atoms with Crippen LogP contribution in [-0.4, -0.2) is 24.1 Å². The Morgan fingerprint density at radius 3 is 2.78 bits per heavy atom. The van der Waals surface area contributed by atoms with Gasteiger partial charge in [0.05, 0.1) is 24.8 Å². The van der Waals surface area contributed by atoms with Crippen molar-refractivity contribution in [3.8, 4) is 5.75 Å². The third-order valence-electron chi connectivity index (χ3n) is 2.70. The Labute approximate surface area is 103 Å². The summed E-state index contributed by atoms with van der Waals surface area (Å²) < 4.78 is 5.05. The summed E-state index contributed by atoms with van der Waals surface area (Å²) in [6.45, 7) is 0. The van der Waals surface area contributed by atoms with Crippen molar-refractivity contribution >= 4 is 17.6 Å². The highest BCUT2D eigenvalue weighted by molar-refractivity contribution is 6.08. The van der Waals surface area contributed by atoms with E-state index in [1.165, 1.54) is 12.0 Å². The van der Waals surface area contributed by atoms with Gasteiger partial charge in [0.2, 0.25) is 5.91 Å². The zero-order valence-electron chi connectivity index (χ0n) is 9.71. The normalized spacial score (nSPS) is 15.2. The van der Waals surface area contributed by atoms with Crippen LogP contribution in [0.15, 0.2) is 35.7 Å². The summed E-state index contributed by atoms with van der Waals surface area (Å²) in [5.41, 5.74) is 6.11. The number of nitrogens with zero attached hydrogens (tertiary/aromatic N) is 1. The van der Waals surface area contributed by atoms with Crippen LogP contribution < -0.4 is 15.4 Å². The van der Waals surface area contributed by atoms with Gasteiger partial charge in [0.1, 0.15) is 11.6 Å². The van der Waals surface area contributed by atoms with E-state index >= 15 is 0 Å². The topological polar surface area (TPSA) is 92.9 Å². The van der Waals surface area contributed by atoms with Crippen LogP contribution in [0.2, 0.25) is 0 Å². The molecule has 0 spiro atoms. The molecule has 1 aliphatic heterocycles. The quantitative estimate of drug-likeness (QED) is 0.820. The summed E-state index contributed by atoms with van der Waals surface area (Å²) in [5, 5.41) is 8.93. The minimum atomic E-state index is -1.17. The van der Waals surface area contributed by atoms with Crippen molar-refractivity contribution in [1.29, 1.82) is 0 Å². The van der Waals surface area contributed by atoms with Crippen LogP contribution in [-0.2, 0) is 9.59 Å². The average Bonchev–Trinajstić information content (AvgIpc) is 2.65. The molecule has 1 aromatic rings. The number of ether oxygens (including phenoxy) is 1. The van der Waals surface area contributed by atoms with Crippen LogP contribution in [0.25, 0.3) is 0 Å². The van der Waals surface area contributed by atoms with E-state index < -0.39 is 5.97 Å². The molecule has 1 heterocycles. The average molecular weight is 248 g/mol. The maximum absolute atomic E-state index is 11.8. The molecule has 1 aromatic carbocycles. The van der Waals surface area contributed by atoms with Gasteiger partial charge in [-0.15, -0.1) is 0 Å². The van der Waals surface area contributed by atoms with Crippen LogP contribution in [0.3, 0.4) is 0 Å². The van der Waals surface area contributed by atoms with Gasteiger partial charge in [0, 0.05) is 6.07 Å². The number of rotatable bonds is 3. The SMILES string of the molecule is COc1cccc(N2C(=O)CC(C(=O)O)=C2N)c1. The Balaban J connectivity index is 2.44. The molecule has 0 aliphatic carbocycles. The summed E-state index contributed by atoms with van der Waals surface area (Å²) >= 11 is 0. The molecule has 6 heteroatoms. The minimum Gasteiger partial charge on any atom is -0.497 e. The largest absolute Gasteiger partial charge is 0.497 e. The molecule has 1 amide bonds. The second kappa shape index (κ2) is 4.40. The molecule has 0 bridgehead atoms. The summed E-state index contributed by atoms with van der Waals surface area (Å²) in [6.07, 6.45) is -0.196. The van der Waals surface area contributed by atoms with Crippen molar-refractivity contribution < 1.29 is 19.4 Å². The molecule has 0 aromatic heterocycles. The van der Waals surface area contributed by atoms with E-state index in [1.54, 1.807) is 24.3 Å². The van der Waals surface area contributed by atoms with E-state index in [9.17, 15) is 9.59 Å². The molecule has 0 fully saturated rings. The molecule has 0 unspecified atom stereocenters. The number of nitrogens with two attached hydrogens (primary N) is 1. The van der Waals surface area contributed by atoms with Crippen LogP contribution in [0.1, 0.15) is 6.42 Å². The number of hydrogen-bond acceptors (Lipinski definition) is 4. The molecule has 6 nitrogen and oxygen atoms in total. The zero-order chi connectivity index (χ0) is 13.3. The first-order chi connectivity index (χ1) is 8.54. The van der Waals surface area contributed by atoms with Crippen molar-refractivity contribution in [2.24, 2.45) is 5.73 Å². The highest BCUT2D eigenvalue weighted by Crippen LogP contribution is 2.29. The first kappa shape index (κ1) is 12.0. The number of aliphatic carboxylic acids is 1. The van der Waals surface area contributed by atoms with Crippen molar-refractivity contribution in [2.45, 2.75) is 6.42 Å². The van der Waals surface area contributed by atoms with Crippen LogP contribution in [0, 0.1) is 0 Å². The van der Waals surface area contributed by atoms with Gasteiger partial charge in [-0.05, 0) is 12.1 Å². The molecule has 2 rings (SSSR count). The smallest absolute Gasteiger partial charge is 0.335 e. The first-order valence-electron chi connectivity index (χ1n) is 5.23. The Hall–Kier alpha value is -2.50. The summed E-state index contributed by atoms with van der Waals surface area (Å²) in [6, 6.07) is 6.71. The monoisotopic (exact) mass is 248 g/mol. The van der Waals surface area contributed by atoms with Gasteiger partial charge in [0.15, 0.2) is 0 Å². The first-order valence-corrected chi connectivity index (χ1v) is 5.23. The maximum Gasteiger partial charge on any atom is 0.335 e. The fraction of sp³-hybridized carbons (Fsp3) is 0.167. The highest BCUT2D eigenvalue weighted by Gasteiger charge is 2.33. The lowest BCUT2D eigenvalue weighted by Crippen LogP contribution is -2.28. The van der Waals surface area contributed by atoms with Crippen molar-refractivity contribution in [3.05, 3.63) is 35.7 Å². The van der Waals surface area contributed by atoms with Gasteiger partial charge >= 0.3 is 5.97 Å². The minimum absolute atomic E-state index is 0.0410. The van der Waals surface area contributed by atoms with Crippen LogP contribution in [0.4, 0.5) is 5.69 Å². The number of anilines is 1. The number of carbonyl (C=O) groups excluding carboxylic acids is 1. The molecule has 0 saturated heterocycles. The second-order valence-corrected chi connectivity index (χ2v) is 3.78. The third-order valence-corrected chi connectivity index (χ3v) is 2.70. The lowest BCUT2D eigenvalue weighted by molar-refractivity contribution is -0.133. The standard InChI is InChI=1S/C12H12N2O4/c1-18-8-4-2-3-7(5-8)14-10(15)6-9(11(14)13)12(16)17/h2-5H,6,13H2,1H3,(H,16,17). The fourth-order valence-electron chi connectivity index (χ4n) is 1.81. The number of amides is 1. The number of benzene rings is 1. The number of carbonyl (C=O) groups is 2. The summed E-state index contributed by atoms with van der Waals surface area (Å²) in [7, 11) is 1.51. The van der Waals surface area contributed by atoms with Gasteiger partial charge in [-0.2, -0.15) is 0 Å². The van der Waals surface area contributed by atoms with Gasteiger partial charge in [-0.1, -0.05) is 6.07 Å². The van der Waals surface area contributed by atoms with Crippen LogP contribution >= 0.6 is 0 Å². The molecule has 3 N–H and O–H groups in total. The predicted molar refractivity (Wildman–Crippen MR) is 63.9 cm³/mol. The lowest BCUT2D eigenvalue weighted by atomic mass is 10.2. The molecule has 0 radical (unpaired) electrons. The second-order valence-electron chi connectivity index (χ2n) is 3.78. The van der Waals surface area contributed by atoms with Gasteiger partial charge in [-0.3, -0.25) is 9.69 Å². The lowest BCUT2D eigenvalue weighted by Gasteiger charge is -2.18.